The van der Waals surface area contributed by atoms with Crippen LogP contribution in [0.1, 0.15) is 40.6 Å². The summed E-state index contributed by atoms with van der Waals surface area (Å²) in [6.45, 7) is 2.55. The molecule has 2 unspecified atom stereocenters. The molecular weight excluding hydrogens is 419 g/mol. The fourth-order valence-corrected chi connectivity index (χ4v) is 3.79. The molecule has 4 rings (SSSR count). The Morgan fingerprint density at radius 3 is 2.17 bits per heavy atom. The van der Waals surface area contributed by atoms with Crippen molar-refractivity contribution < 1.29 is 9.21 Å². The van der Waals surface area contributed by atoms with Crippen molar-refractivity contribution in [1.82, 2.24) is 10.3 Å². The average molecular weight is 439 g/mol. The van der Waals surface area contributed by atoms with Crippen LogP contribution < -0.4 is 5.32 Å². The molecule has 0 aliphatic carbocycles. The summed E-state index contributed by atoms with van der Waals surface area (Å²) in [6, 6.07) is 22.8. The number of carbonyl (C=O) groups excluding carboxylic acids is 1. The van der Waals surface area contributed by atoms with Gasteiger partial charge in [-0.1, -0.05) is 66.5 Å². The second-order valence-corrected chi connectivity index (χ2v) is 8.07. The van der Waals surface area contributed by atoms with Gasteiger partial charge in [0.1, 0.15) is 5.52 Å². The zero-order chi connectivity index (χ0) is 21.1. The van der Waals surface area contributed by atoms with E-state index in [0.717, 1.165) is 11.1 Å². The Morgan fingerprint density at radius 2 is 1.53 bits per heavy atom. The first-order valence-electron chi connectivity index (χ1n) is 9.66. The minimum atomic E-state index is -0.339. The van der Waals surface area contributed by atoms with Crippen LogP contribution >= 0.6 is 23.2 Å². The van der Waals surface area contributed by atoms with Gasteiger partial charge in [0.15, 0.2) is 5.58 Å². The third-order valence-corrected chi connectivity index (χ3v) is 5.77. The quantitative estimate of drug-likeness (QED) is 0.376. The first-order valence-corrected chi connectivity index (χ1v) is 10.4. The van der Waals surface area contributed by atoms with Gasteiger partial charge in [0.25, 0.3) is 5.89 Å². The van der Waals surface area contributed by atoms with Gasteiger partial charge in [0, 0.05) is 22.5 Å². The van der Waals surface area contributed by atoms with Crippen molar-refractivity contribution in [3.63, 3.8) is 0 Å². The van der Waals surface area contributed by atoms with Crippen LogP contribution in [0.15, 0.2) is 77.2 Å². The number of fused-ring (bicyclic) bond motifs is 1. The molecule has 1 N–H and O–H groups in total. The van der Waals surface area contributed by atoms with Crippen LogP contribution in [-0.4, -0.2) is 17.4 Å². The van der Waals surface area contributed by atoms with Gasteiger partial charge in [-0.3, -0.25) is 4.79 Å². The highest BCUT2D eigenvalue weighted by Crippen LogP contribution is 2.33. The smallest absolute Gasteiger partial charge is 0.307 e. The molecule has 0 radical (unpaired) electrons. The second kappa shape index (κ2) is 8.90. The number of nitrogens with one attached hydrogen (secondary N) is 1. The third-order valence-electron chi connectivity index (χ3n) is 5.27. The molecule has 0 aliphatic heterocycles. The summed E-state index contributed by atoms with van der Waals surface area (Å²) in [6.07, 6.45) is 0. The van der Waals surface area contributed by atoms with Gasteiger partial charge in [-0.25, -0.2) is 4.98 Å². The highest BCUT2D eigenvalue weighted by molar-refractivity contribution is 6.30. The Morgan fingerprint density at radius 1 is 0.933 bits per heavy atom. The van der Waals surface area contributed by atoms with Crippen molar-refractivity contribution in [2.45, 2.75) is 18.8 Å². The topological polar surface area (TPSA) is 55.1 Å². The van der Waals surface area contributed by atoms with Crippen molar-refractivity contribution in [3.05, 3.63) is 99.9 Å². The van der Waals surface area contributed by atoms with Crippen LogP contribution in [0.25, 0.3) is 11.1 Å². The van der Waals surface area contributed by atoms with Crippen molar-refractivity contribution in [1.29, 1.82) is 0 Å². The summed E-state index contributed by atoms with van der Waals surface area (Å²) in [5.74, 6) is -0.122. The van der Waals surface area contributed by atoms with Crippen LogP contribution in [0.3, 0.4) is 0 Å². The summed E-state index contributed by atoms with van der Waals surface area (Å²) >= 11 is 12.1. The largest absolute Gasteiger partial charge is 0.432 e. The van der Waals surface area contributed by atoms with Crippen LogP contribution in [0.2, 0.25) is 10.0 Å². The fourth-order valence-electron chi connectivity index (χ4n) is 3.54. The van der Waals surface area contributed by atoms with Gasteiger partial charge in [0.05, 0.1) is 0 Å². The molecule has 0 fully saturated rings. The Kier molecular flexibility index (Phi) is 6.07. The Hall–Kier alpha value is -2.82. The zero-order valence-electron chi connectivity index (χ0n) is 16.3. The standard InChI is InChI=1S/C24H20Cl2N2O2/c1-15(16-6-10-18(25)11-7-16)20(17-8-12-19(26)13-9-17)14-27-23(29)24-28-21-4-2-3-5-22(21)30-24/h2-13,15,20H,14H2,1H3,(H,27,29). The molecule has 0 spiro atoms. The molecule has 4 aromatic rings. The number of aromatic nitrogens is 1. The number of nitrogens with zero attached hydrogens (tertiary/aromatic N) is 1. The Balaban J connectivity index is 1.56. The predicted molar refractivity (Wildman–Crippen MR) is 120 cm³/mol. The van der Waals surface area contributed by atoms with Gasteiger partial charge in [0.2, 0.25) is 0 Å². The molecule has 4 nitrogen and oxygen atoms in total. The summed E-state index contributed by atoms with van der Waals surface area (Å²) < 4.78 is 5.59. The van der Waals surface area contributed by atoms with E-state index in [4.69, 9.17) is 27.6 Å². The number of amides is 1. The van der Waals surface area contributed by atoms with E-state index >= 15 is 0 Å². The summed E-state index contributed by atoms with van der Waals surface area (Å²) in [5, 5.41) is 4.35. The SMILES string of the molecule is CC(c1ccc(Cl)cc1)C(CNC(=O)c1nc2ccccc2o1)c1ccc(Cl)cc1. The van der Waals surface area contributed by atoms with E-state index in [0.29, 0.717) is 27.7 Å². The number of rotatable bonds is 6. The molecule has 0 saturated carbocycles. The van der Waals surface area contributed by atoms with Gasteiger partial charge in [-0.05, 0) is 53.4 Å². The maximum absolute atomic E-state index is 12.7. The molecule has 1 amide bonds. The lowest BCUT2D eigenvalue weighted by Gasteiger charge is -2.25. The maximum Gasteiger partial charge on any atom is 0.307 e. The zero-order valence-corrected chi connectivity index (χ0v) is 17.8. The van der Waals surface area contributed by atoms with E-state index in [-0.39, 0.29) is 23.6 Å². The first kappa shape index (κ1) is 20.5. The average Bonchev–Trinajstić information content (AvgIpc) is 3.20. The second-order valence-electron chi connectivity index (χ2n) is 7.20. The highest BCUT2D eigenvalue weighted by Gasteiger charge is 2.23. The van der Waals surface area contributed by atoms with Gasteiger partial charge >= 0.3 is 5.91 Å². The number of para-hydroxylation sites is 2. The lowest BCUT2D eigenvalue weighted by atomic mass is 9.82. The minimum Gasteiger partial charge on any atom is -0.432 e. The number of oxazole rings is 1. The molecule has 6 heteroatoms. The summed E-state index contributed by atoms with van der Waals surface area (Å²) in [7, 11) is 0. The third kappa shape index (κ3) is 4.50. The van der Waals surface area contributed by atoms with Crippen molar-refractivity contribution in [2.75, 3.05) is 6.54 Å². The van der Waals surface area contributed by atoms with E-state index in [1.807, 2.05) is 66.7 Å². The number of hydrogen-bond acceptors (Lipinski definition) is 3. The number of carbonyl (C=O) groups is 1. The van der Waals surface area contributed by atoms with Crippen molar-refractivity contribution in [2.24, 2.45) is 0 Å². The minimum absolute atomic E-state index is 0.0248. The molecule has 3 aromatic carbocycles. The van der Waals surface area contributed by atoms with Gasteiger partial charge in [-0.2, -0.15) is 0 Å². The molecule has 152 valence electrons. The molecule has 0 saturated heterocycles. The van der Waals surface area contributed by atoms with Crippen LogP contribution in [0.4, 0.5) is 0 Å². The molecule has 1 heterocycles. The fraction of sp³-hybridized carbons (Fsp3) is 0.167. The molecule has 0 aliphatic rings. The normalized spacial score (nSPS) is 13.2. The maximum atomic E-state index is 12.7. The van der Waals surface area contributed by atoms with E-state index in [2.05, 4.69) is 17.2 Å². The van der Waals surface area contributed by atoms with E-state index in [9.17, 15) is 4.79 Å². The number of benzene rings is 3. The highest BCUT2D eigenvalue weighted by atomic mass is 35.5. The number of halogens is 2. The van der Waals surface area contributed by atoms with E-state index in [1.54, 1.807) is 6.07 Å². The van der Waals surface area contributed by atoms with E-state index < -0.39 is 0 Å². The summed E-state index contributed by atoms with van der Waals surface area (Å²) in [5.41, 5.74) is 3.47. The van der Waals surface area contributed by atoms with Crippen LogP contribution in [-0.2, 0) is 0 Å². The molecule has 1 aromatic heterocycles. The molecular formula is C24H20Cl2N2O2. The van der Waals surface area contributed by atoms with Crippen LogP contribution in [0, 0.1) is 0 Å². The van der Waals surface area contributed by atoms with Gasteiger partial charge in [-0.15, -0.1) is 0 Å². The first-order chi connectivity index (χ1) is 14.5. The van der Waals surface area contributed by atoms with Crippen molar-refractivity contribution in [3.8, 4) is 0 Å². The predicted octanol–water partition coefficient (Wildman–Crippen LogP) is 6.45. The number of hydrogen-bond donors (Lipinski definition) is 1. The van der Waals surface area contributed by atoms with Crippen LogP contribution in [0.5, 0.6) is 0 Å². The summed E-state index contributed by atoms with van der Waals surface area (Å²) in [4.78, 5) is 17.0. The molecule has 30 heavy (non-hydrogen) atoms. The van der Waals surface area contributed by atoms with Gasteiger partial charge < -0.3 is 9.73 Å². The lowest BCUT2D eigenvalue weighted by molar-refractivity contribution is 0.0917. The Labute approximate surface area is 184 Å². The monoisotopic (exact) mass is 438 g/mol. The Bertz CT molecular complexity index is 1120. The lowest BCUT2D eigenvalue weighted by Crippen LogP contribution is -2.30. The van der Waals surface area contributed by atoms with E-state index in [1.165, 1.54) is 0 Å². The molecule has 0 bridgehead atoms. The molecule has 2 atom stereocenters. The van der Waals surface area contributed by atoms with Crippen molar-refractivity contribution >= 4 is 40.2 Å².